The summed E-state index contributed by atoms with van der Waals surface area (Å²) in [6.07, 6.45) is -0.888. The van der Waals surface area contributed by atoms with Crippen LogP contribution in [0, 0.1) is 5.82 Å². The van der Waals surface area contributed by atoms with Gasteiger partial charge in [-0.2, -0.15) is 5.10 Å². The molecule has 4 N–H and O–H groups in total. The molecule has 0 aliphatic rings. The van der Waals surface area contributed by atoms with Crippen molar-refractivity contribution < 1.29 is 22.7 Å². The molecule has 4 aromatic rings. The highest BCUT2D eigenvalue weighted by atomic mass is 35.5. The molecule has 0 aliphatic heterocycles. The fourth-order valence-electron chi connectivity index (χ4n) is 3.33. The molecule has 1 atom stereocenters. The number of aliphatic hydroxyl groups excluding tert-OH is 1. The van der Waals surface area contributed by atoms with Crippen molar-refractivity contribution in [3.05, 3.63) is 83.3 Å². The maximum absolute atomic E-state index is 13.9. The summed E-state index contributed by atoms with van der Waals surface area (Å²) in [4.78, 5) is -0.447. The van der Waals surface area contributed by atoms with Crippen LogP contribution in [0.4, 0.5) is 10.1 Å². The van der Waals surface area contributed by atoms with Crippen LogP contribution in [-0.4, -0.2) is 43.4 Å². The topological polar surface area (TPSA) is 116 Å². The van der Waals surface area contributed by atoms with Crippen molar-refractivity contribution in [2.24, 2.45) is 0 Å². The second kappa shape index (κ2) is 10.4. The molecule has 0 spiro atoms. The zero-order chi connectivity index (χ0) is 24.1. The quantitative estimate of drug-likeness (QED) is 0.244. The minimum Gasteiger partial charge on any atom is -0.492 e. The van der Waals surface area contributed by atoms with Gasteiger partial charge in [0.15, 0.2) is 5.15 Å². The Hall–Kier alpha value is -3.18. The molecule has 0 amide bonds. The normalized spacial score (nSPS) is 12.6. The van der Waals surface area contributed by atoms with Gasteiger partial charge < -0.3 is 15.2 Å². The van der Waals surface area contributed by atoms with Crippen molar-refractivity contribution in [2.75, 3.05) is 24.4 Å². The van der Waals surface area contributed by atoms with Crippen LogP contribution in [0.2, 0.25) is 5.15 Å². The molecule has 3 aromatic carbocycles. The molecule has 178 valence electrons. The minimum atomic E-state index is -4.10. The van der Waals surface area contributed by atoms with Gasteiger partial charge in [0.05, 0.1) is 11.6 Å². The van der Waals surface area contributed by atoms with Crippen LogP contribution < -0.4 is 14.8 Å². The Morgan fingerprint density at radius 1 is 1.12 bits per heavy atom. The summed E-state index contributed by atoms with van der Waals surface area (Å²) in [7, 11) is -4.10. The molecular formula is C23H22ClFN4O4S. The summed E-state index contributed by atoms with van der Waals surface area (Å²) in [5.41, 5.74) is 1.50. The monoisotopic (exact) mass is 504 g/mol. The van der Waals surface area contributed by atoms with Gasteiger partial charge in [0.25, 0.3) is 10.0 Å². The van der Waals surface area contributed by atoms with Gasteiger partial charge in [-0.25, -0.2) is 12.8 Å². The lowest BCUT2D eigenvalue weighted by Gasteiger charge is -2.15. The van der Waals surface area contributed by atoms with E-state index in [9.17, 15) is 17.9 Å². The van der Waals surface area contributed by atoms with Crippen molar-refractivity contribution in [1.29, 1.82) is 0 Å². The highest BCUT2D eigenvalue weighted by molar-refractivity contribution is 7.92. The molecule has 0 bridgehead atoms. The van der Waals surface area contributed by atoms with E-state index >= 15 is 0 Å². The largest absolute Gasteiger partial charge is 0.492 e. The maximum atomic E-state index is 13.9. The Balaban J connectivity index is 1.28. The van der Waals surface area contributed by atoms with Crippen molar-refractivity contribution in [2.45, 2.75) is 11.0 Å². The smallest absolute Gasteiger partial charge is 0.264 e. The lowest BCUT2D eigenvalue weighted by Crippen LogP contribution is -2.26. The van der Waals surface area contributed by atoms with Crippen LogP contribution in [0.5, 0.6) is 5.75 Å². The maximum Gasteiger partial charge on any atom is 0.264 e. The summed E-state index contributed by atoms with van der Waals surface area (Å²) in [6, 6.07) is 16.9. The summed E-state index contributed by atoms with van der Waals surface area (Å²) in [5.74, 6) is -0.184. The second-order valence-corrected chi connectivity index (χ2v) is 9.46. The Kier molecular flexibility index (Phi) is 7.32. The number of H-pyrrole nitrogens is 1. The van der Waals surface area contributed by atoms with E-state index in [1.165, 1.54) is 30.3 Å². The lowest BCUT2D eigenvalue weighted by atomic mass is 10.1. The number of aliphatic hydroxyl groups is 1. The van der Waals surface area contributed by atoms with E-state index in [-0.39, 0.29) is 12.2 Å². The number of fused-ring (bicyclic) bond motifs is 1. The number of ether oxygens (including phenoxy) is 1. The first-order valence-electron chi connectivity index (χ1n) is 10.4. The first-order valence-corrected chi connectivity index (χ1v) is 12.2. The molecule has 8 nitrogen and oxygen atoms in total. The fourth-order valence-corrected chi connectivity index (χ4v) is 4.67. The van der Waals surface area contributed by atoms with Crippen LogP contribution in [0.25, 0.3) is 10.9 Å². The lowest BCUT2D eigenvalue weighted by molar-refractivity contribution is 0.172. The van der Waals surface area contributed by atoms with E-state index in [2.05, 4.69) is 20.2 Å². The highest BCUT2D eigenvalue weighted by Gasteiger charge is 2.19. The molecule has 34 heavy (non-hydrogen) atoms. The van der Waals surface area contributed by atoms with Crippen LogP contribution in [0.15, 0.2) is 71.6 Å². The Morgan fingerprint density at radius 3 is 2.76 bits per heavy atom. The fraction of sp³-hybridized carbons (Fsp3) is 0.174. The van der Waals surface area contributed by atoms with E-state index in [0.717, 1.165) is 17.0 Å². The summed E-state index contributed by atoms with van der Waals surface area (Å²) in [5, 5.41) is 21.5. The number of aromatic nitrogens is 2. The molecule has 1 heterocycles. The number of hydrogen-bond donors (Lipinski definition) is 4. The molecule has 0 fully saturated rings. The van der Waals surface area contributed by atoms with Crippen LogP contribution in [-0.2, 0) is 10.0 Å². The molecule has 11 heteroatoms. The number of aromatic amines is 1. The molecule has 0 aliphatic carbocycles. The highest BCUT2D eigenvalue weighted by Crippen LogP contribution is 2.24. The van der Waals surface area contributed by atoms with Crippen molar-refractivity contribution in [3.8, 4) is 5.75 Å². The van der Waals surface area contributed by atoms with Gasteiger partial charge in [-0.15, -0.1) is 0 Å². The molecular weight excluding hydrogens is 483 g/mol. The first kappa shape index (κ1) is 24.0. The number of benzene rings is 3. The van der Waals surface area contributed by atoms with E-state index in [0.29, 0.717) is 29.6 Å². The van der Waals surface area contributed by atoms with Gasteiger partial charge >= 0.3 is 0 Å². The third-order valence-electron chi connectivity index (χ3n) is 5.02. The number of nitrogens with one attached hydrogen (secondary N) is 3. The number of halogens is 2. The molecule has 1 aromatic heterocycles. The molecule has 0 saturated carbocycles. The first-order chi connectivity index (χ1) is 16.3. The second-order valence-electron chi connectivity index (χ2n) is 7.45. The zero-order valence-corrected chi connectivity index (χ0v) is 19.4. The molecule has 4 rings (SSSR count). The third kappa shape index (κ3) is 5.65. The van der Waals surface area contributed by atoms with E-state index in [1.807, 2.05) is 6.07 Å². The Bertz CT molecular complexity index is 1400. The molecule has 0 radical (unpaired) electrons. The number of nitrogens with zero attached hydrogens (tertiary/aromatic N) is 1. The summed E-state index contributed by atoms with van der Waals surface area (Å²) in [6.45, 7) is 1.06. The number of sulfonamides is 1. The number of anilines is 1. The van der Waals surface area contributed by atoms with Gasteiger partial charge in [0.1, 0.15) is 23.1 Å². The summed E-state index contributed by atoms with van der Waals surface area (Å²) >= 11 is 5.96. The average Bonchev–Trinajstić information content (AvgIpc) is 3.19. The van der Waals surface area contributed by atoms with Crippen molar-refractivity contribution in [1.82, 2.24) is 15.5 Å². The SMILES string of the molecule is O=S(=O)(Nc1cccc(C(O)CNCCOc2ccc3c(Cl)n[nH]c3c2)c1)c1ccccc1F. The van der Waals surface area contributed by atoms with Crippen molar-refractivity contribution >= 4 is 38.2 Å². The predicted molar refractivity (Wildman–Crippen MR) is 128 cm³/mol. The van der Waals surface area contributed by atoms with Gasteiger partial charge in [-0.3, -0.25) is 9.82 Å². The van der Waals surface area contributed by atoms with E-state index in [4.69, 9.17) is 16.3 Å². The van der Waals surface area contributed by atoms with Gasteiger partial charge in [-0.1, -0.05) is 35.9 Å². The van der Waals surface area contributed by atoms with Gasteiger partial charge in [0, 0.05) is 30.2 Å². The average molecular weight is 505 g/mol. The van der Waals surface area contributed by atoms with Gasteiger partial charge in [-0.05, 0) is 42.0 Å². The predicted octanol–water partition coefficient (Wildman–Crippen LogP) is 3.86. The van der Waals surface area contributed by atoms with Gasteiger partial charge in [0.2, 0.25) is 0 Å². The molecule has 0 saturated heterocycles. The number of hydrogen-bond acceptors (Lipinski definition) is 6. The molecule has 1 unspecified atom stereocenters. The number of rotatable bonds is 10. The summed E-state index contributed by atoms with van der Waals surface area (Å²) < 4.78 is 46.9. The van der Waals surface area contributed by atoms with Crippen LogP contribution >= 0.6 is 11.6 Å². The van der Waals surface area contributed by atoms with Crippen LogP contribution in [0.3, 0.4) is 0 Å². The Labute approximate surface area is 200 Å². The van der Waals surface area contributed by atoms with E-state index < -0.39 is 26.8 Å². The minimum absolute atomic E-state index is 0.220. The standard InChI is InChI=1S/C23H22ClFN4O4S/c24-23-18-9-8-17(13-20(18)27-28-23)33-11-10-26-14-21(30)15-4-3-5-16(12-15)29-34(31,32)22-7-2-1-6-19(22)25/h1-9,12-13,21,26,29-30H,10-11,14H2,(H,27,28). The van der Waals surface area contributed by atoms with Crippen molar-refractivity contribution in [3.63, 3.8) is 0 Å². The van der Waals surface area contributed by atoms with Crippen LogP contribution in [0.1, 0.15) is 11.7 Å². The third-order valence-corrected chi connectivity index (χ3v) is 6.73. The zero-order valence-electron chi connectivity index (χ0n) is 17.8. The Morgan fingerprint density at radius 2 is 1.94 bits per heavy atom. The van der Waals surface area contributed by atoms with E-state index in [1.54, 1.807) is 24.3 Å².